The van der Waals surface area contributed by atoms with Gasteiger partial charge in [0.25, 0.3) is 0 Å². The molecule has 4 rings (SSSR count). The summed E-state index contributed by atoms with van der Waals surface area (Å²) in [6.07, 6.45) is 2.10. The normalized spacial score (nSPS) is 19.3. The van der Waals surface area contributed by atoms with Crippen molar-refractivity contribution in [3.63, 3.8) is 0 Å². The second kappa shape index (κ2) is 9.10. The first kappa shape index (κ1) is 22.6. The fourth-order valence-corrected chi connectivity index (χ4v) is 6.61. The van der Waals surface area contributed by atoms with Crippen LogP contribution in [-0.2, 0) is 21.2 Å². The molecule has 2 aromatic carbocycles. The zero-order chi connectivity index (χ0) is 22.2. The number of nitrogens with zero attached hydrogens (tertiary/aromatic N) is 2. The van der Waals surface area contributed by atoms with Crippen molar-refractivity contribution in [3.8, 4) is 5.75 Å². The Morgan fingerprint density at radius 1 is 1.23 bits per heavy atom. The minimum absolute atomic E-state index is 0.0166. The average molecular weight is 528 g/mol. The van der Waals surface area contributed by atoms with E-state index < -0.39 is 10.0 Å². The number of piperidine rings is 1. The number of anilines is 1. The van der Waals surface area contributed by atoms with Gasteiger partial charge in [-0.25, -0.2) is 8.42 Å². The summed E-state index contributed by atoms with van der Waals surface area (Å²) in [5.41, 5.74) is 2.05. The molecule has 2 aliphatic rings. The Morgan fingerprint density at radius 3 is 2.81 bits per heavy atom. The highest BCUT2D eigenvalue weighted by atomic mass is 79.9. The number of amides is 1. The van der Waals surface area contributed by atoms with Gasteiger partial charge in [-0.05, 0) is 68.1 Å². The molecule has 0 bridgehead atoms. The highest BCUT2D eigenvalue weighted by molar-refractivity contribution is 9.10. The summed E-state index contributed by atoms with van der Waals surface area (Å²) in [5, 5.41) is 0.325. The quantitative estimate of drug-likeness (QED) is 0.575. The predicted molar refractivity (Wildman–Crippen MR) is 124 cm³/mol. The van der Waals surface area contributed by atoms with Gasteiger partial charge in [0.05, 0.1) is 12.5 Å². The molecular formula is C22H24BrClN2O4S. The smallest absolute Gasteiger partial charge is 0.246 e. The van der Waals surface area contributed by atoms with Gasteiger partial charge < -0.3 is 9.64 Å². The highest BCUT2D eigenvalue weighted by Crippen LogP contribution is 2.35. The summed E-state index contributed by atoms with van der Waals surface area (Å²) in [4.78, 5) is 15.2. The molecule has 0 spiro atoms. The fourth-order valence-electron chi connectivity index (χ4n) is 4.28. The SMILES string of the molecule is CCOc1ccc(Cl)cc1S(=O)(=O)N1CCC[C@H](C(=O)N2CCc3cc(Br)ccc32)C1. The zero-order valence-corrected chi connectivity index (χ0v) is 20.3. The van der Waals surface area contributed by atoms with Crippen molar-refractivity contribution < 1.29 is 17.9 Å². The molecule has 9 heteroatoms. The Labute approximate surface area is 196 Å². The first-order valence-electron chi connectivity index (χ1n) is 10.3. The van der Waals surface area contributed by atoms with E-state index in [0.717, 1.165) is 22.1 Å². The first-order valence-corrected chi connectivity index (χ1v) is 12.9. The molecule has 2 heterocycles. The highest BCUT2D eigenvalue weighted by Gasteiger charge is 2.38. The minimum atomic E-state index is -3.85. The molecule has 0 radical (unpaired) electrons. The van der Waals surface area contributed by atoms with Crippen molar-refractivity contribution in [3.05, 3.63) is 51.5 Å². The van der Waals surface area contributed by atoms with Crippen LogP contribution in [0.15, 0.2) is 45.8 Å². The Bertz CT molecular complexity index is 1110. The van der Waals surface area contributed by atoms with Gasteiger partial charge >= 0.3 is 0 Å². The maximum absolute atomic E-state index is 13.4. The summed E-state index contributed by atoms with van der Waals surface area (Å²) in [7, 11) is -3.85. The lowest BCUT2D eigenvalue weighted by molar-refractivity contribution is -0.123. The molecule has 1 amide bonds. The van der Waals surface area contributed by atoms with Crippen LogP contribution in [0.2, 0.25) is 5.02 Å². The molecule has 0 aliphatic carbocycles. The molecule has 166 valence electrons. The molecule has 6 nitrogen and oxygen atoms in total. The molecule has 1 atom stereocenters. The van der Waals surface area contributed by atoms with Crippen molar-refractivity contribution in [2.75, 3.05) is 31.1 Å². The van der Waals surface area contributed by atoms with E-state index in [-0.39, 0.29) is 29.0 Å². The van der Waals surface area contributed by atoms with Crippen LogP contribution in [0, 0.1) is 5.92 Å². The Hall–Kier alpha value is -1.61. The number of sulfonamides is 1. The van der Waals surface area contributed by atoms with Gasteiger partial charge in [-0.2, -0.15) is 4.31 Å². The standard InChI is InChI=1S/C22H24BrClN2O4S/c1-2-30-20-8-6-18(24)13-21(20)31(28,29)25-10-3-4-16(14-25)22(27)26-11-9-15-12-17(23)5-7-19(15)26/h5-8,12-13,16H,2-4,9-11,14H2,1H3/t16-/m0/s1. The third-order valence-electron chi connectivity index (χ3n) is 5.76. The maximum Gasteiger partial charge on any atom is 0.246 e. The lowest BCUT2D eigenvalue weighted by Gasteiger charge is -2.33. The van der Waals surface area contributed by atoms with Gasteiger partial charge in [0.2, 0.25) is 15.9 Å². The van der Waals surface area contributed by atoms with Crippen LogP contribution in [0.4, 0.5) is 5.69 Å². The molecule has 2 aliphatic heterocycles. The van der Waals surface area contributed by atoms with Crippen LogP contribution in [0.3, 0.4) is 0 Å². The lowest BCUT2D eigenvalue weighted by atomic mass is 9.98. The number of carbonyl (C=O) groups is 1. The molecule has 1 fully saturated rings. The number of halogens is 2. The third kappa shape index (κ3) is 4.49. The van der Waals surface area contributed by atoms with E-state index in [1.54, 1.807) is 24.0 Å². The number of benzene rings is 2. The largest absolute Gasteiger partial charge is 0.492 e. The van der Waals surface area contributed by atoms with E-state index in [1.165, 1.54) is 10.4 Å². The monoisotopic (exact) mass is 526 g/mol. The molecule has 0 unspecified atom stereocenters. The molecular weight excluding hydrogens is 504 g/mol. The van der Waals surface area contributed by atoms with Crippen LogP contribution in [0.5, 0.6) is 5.75 Å². The third-order valence-corrected chi connectivity index (χ3v) is 8.37. The van der Waals surface area contributed by atoms with Crippen LogP contribution < -0.4 is 9.64 Å². The van der Waals surface area contributed by atoms with Gasteiger partial charge in [-0.3, -0.25) is 4.79 Å². The Balaban J connectivity index is 1.57. The van der Waals surface area contributed by atoms with Crippen LogP contribution in [0.25, 0.3) is 0 Å². The van der Waals surface area contributed by atoms with E-state index >= 15 is 0 Å². The van der Waals surface area contributed by atoms with E-state index in [9.17, 15) is 13.2 Å². The van der Waals surface area contributed by atoms with E-state index in [2.05, 4.69) is 15.9 Å². The molecule has 0 N–H and O–H groups in total. The van der Waals surface area contributed by atoms with Crippen LogP contribution >= 0.6 is 27.5 Å². The van der Waals surface area contributed by atoms with Gasteiger partial charge in [-0.1, -0.05) is 27.5 Å². The number of rotatable bonds is 5. The zero-order valence-electron chi connectivity index (χ0n) is 17.2. The summed E-state index contributed by atoms with van der Waals surface area (Å²) < 4.78 is 34.7. The predicted octanol–water partition coefficient (Wildman–Crippen LogP) is 4.49. The van der Waals surface area contributed by atoms with Gasteiger partial charge in [0, 0.05) is 34.8 Å². The van der Waals surface area contributed by atoms with Gasteiger partial charge in [-0.15, -0.1) is 0 Å². The fraction of sp³-hybridized carbons (Fsp3) is 0.409. The minimum Gasteiger partial charge on any atom is -0.492 e. The Kier molecular flexibility index (Phi) is 6.62. The van der Waals surface area contributed by atoms with E-state index in [0.29, 0.717) is 37.6 Å². The molecule has 31 heavy (non-hydrogen) atoms. The van der Waals surface area contributed by atoms with E-state index in [1.807, 2.05) is 18.2 Å². The lowest BCUT2D eigenvalue weighted by Crippen LogP contribution is -2.46. The van der Waals surface area contributed by atoms with Gasteiger partial charge in [0.15, 0.2) is 0 Å². The second-order valence-corrected chi connectivity index (χ2v) is 11.0. The Morgan fingerprint density at radius 2 is 2.03 bits per heavy atom. The van der Waals surface area contributed by atoms with Crippen molar-refractivity contribution in [2.24, 2.45) is 5.92 Å². The summed E-state index contributed by atoms with van der Waals surface area (Å²) in [6, 6.07) is 10.5. The van der Waals surface area contributed by atoms with Crippen molar-refractivity contribution in [1.29, 1.82) is 0 Å². The molecule has 2 aromatic rings. The van der Waals surface area contributed by atoms with Crippen LogP contribution in [0.1, 0.15) is 25.3 Å². The van der Waals surface area contributed by atoms with Gasteiger partial charge in [0.1, 0.15) is 10.6 Å². The molecule has 0 aromatic heterocycles. The maximum atomic E-state index is 13.4. The first-order chi connectivity index (χ1) is 14.8. The number of carbonyl (C=O) groups excluding carboxylic acids is 1. The molecule has 0 saturated carbocycles. The van der Waals surface area contributed by atoms with Crippen molar-refractivity contribution >= 4 is 49.1 Å². The van der Waals surface area contributed by atoms with Crippen molar-refractivity contribution in [1.82, 2.24) is 4.31 Å². The van der Waals surface area contributed by atoms with E-state index in [4.69, 9.17) is 16.3 Å². The summed E-state index contributed by atoms with van der Waals surface area (Å²) in [5.74, 6) is -0.121. The number of ether oxygens (including phenoxy) is 1. The second-order valence-electron chi connectivity index (χ2n) is 7.74. The number of hydrogen-bond donors (Lipinski definition) is 0. The van der Waals surface area contributed by atoms with Crippen molar-refractivity contribution in [2.45, 2.75) is 31.1 Å². The summed E-state index contributed by atoms with van der Waals surface area (Å²) >= 11 is 9.56. The van der Waals surface area contributed by atoms with Crippen LogP contribution in [-0.4, -0.2) is 44.9 Å². The number of hydrogen-bond acceptors (Lipinski definition) is 4. The summed E-state index contributed by atoms with van der Waals surface area (Å²) in [6.45, 7) is 3.29. The average Bonchev–Trinajstić information content (AvgIpc) is 3.17. The topological polar surface area (TPSA) is 66.9 Å². The molecule has 1 saturated heterocycles. The number of fused-ring (bicyclic) bond motifs is 1.